The van der Waals surface area contributed by atoms with Crippen LogP contribution in [-0.2, 0) is 4.79 Å². The van der Waals surface area contributed by atoms with E-state index in [9.17, 15) is 4.79 Å². The number of carbonyl (C=O) groups is 1. The van der Waals surface area contributed by atoms with Gasteiger partial charge in [0.2, 0.25) is 5.16 Å². The van der Waals surface area contributed by atoms with E-state index < -0.39 is 0 Å². The van der Waals surface area contributed by atoms with Crippen LogP contribution >= 0.6 is 11.8 Å². The number of hydrogen-bond donors (Lipinski definition) is 1. The monoisotopic (exact) mass is 330 g/mol. The number of carbonyl (C=O) groups excluding carboxylic acids is 1. The Hall–Kier alpha value is -2.86. The Bertz CT molecular complexity index is 771. The summed E-state index contributed by atoms with van der Waals surface area (Å²) in [5, 5.41) is 20.8. The van der Waals surface area contributed by atoms with Gasteiger partial charge in [-0.25, -0.2) is 0 Å². The van der Waals surface area contributed by atoms with Gasteiger partial charge in [0, 0.05) is 5.70 Å². The number of allylic oxidation sites excluding steroid dienone is 2. The maximum absolute atomic E-state index is 12.0. The van der Waals surface area contributed by atoms with Gasteiger partial charge < -0.3 is 10.5 Å². The molecule has 118 valence electrons. The normalized spacial score (nSPS) is 11.5. The van der Waals surface area contributed by atoms with Crippen molar-refractivity contribution in [2.75, 3.05) is 12.9 Å². The first-order chi connectivity index (χ1) is 11.1. The fraction of sp³-hybridized carbons (Fsp3) is 0.214. The smallest absolute Gasteiger partial charge is 0.214 e. The molecule has 0 aliphatic carbocycles. The van der Waals surface area contributed by atoms with E-state index in [2.05, 4.69) is 15.5 Å². The minimum atomic E-state index is -0.359. The van der Waals surface area contributed by atoms with Crippen LogP contribution in [0.3, 0.4) is 0 Å². The van der Waals surface area contributed by atoms with Gasteiger partial charge in [0.1, 0.15) is 17.4 Å². The minimum Gasteiger partial charge on any atom is -0.497 e. The Morgan fingerprint density at radius 3 is 2.70 bits per heavy atom. The van der Waals surface area contributed by atoms with Crippen LogP contribution in [0.25, 0.3) is 5.69 Å². The van der Waals surface area contributed by atoms with Gasteiger partial charge in [0.15, 0.2) is 5.78 Å². The number of nitriles is 1. The molecule has 1 aromatic carbocycles. The molecule has 0 spiro atoms. The maximum Gasteiger partial charge on any atom is 0.214 e. The third-order valence-electron chi connectivity index (χ3n) is 2.88. The number of ether oxygens (including phenoxy) is 1. The Balaban J connectivity index is 2.14. The number of hydrogen-bond acceptors (Lipinski definition) is 8. The summed E-state index contributed by atoms with van der Waals surface area (Å²) in [5.41, 5.74) is 6.41. The molecule has 8 nitrogen and oxygen atoms in total. The number of ketones is 1. The van der Waals surface area contributed by atoms with E-state index in [1.54, 1.807) is 31.4 Å². The second-order valence-corrected chi connectivity index (χ2v) is 5.40. The summed E-state index contributed by atoms with van der Waals surface area (Å²) in [6, 6.07) is 8.97. The Labute approximate surface area is 136 Å². The third-order valence-corrected chi connectivity index (χ3v) is 3.79. The Morgan fingerprint density at radius 2 is 2.13 bits per heavy atom. The maximum atomic E-state index is 12.0. The average molecular weight is 330 g/mol. The van der Waals surface area contributed by atoms with Gasteiger partial charge in [-0.1, -0.05) is 11.8 Å². The Morgan fingerprint density at radius 1 is 1.43 bits per heavy atom. The van der Waals surface area contributed by atoms with Gasteiger partial charge >= 0.3 is 0 Å². The molecule has 0 aliphatic rings. The summed E-state index contributed by atoms with van der Waals surface area (Å²) < 4.78 is 6.60. The highest BCUT2D eigenvalue weighted by Gasteiger charge is 2.15. The number of nitrogens with zero attached hydrogens (tertiary/aromatic N) is 5. The van der Waals surface area contributed by atoms with Crippen LogP contribution in [0.1, 0.15) is 6.92 Å². The second-order valence-electron chi connectivity index (χ2n) is 4.45. The van der Waals surface area contributed by atoms with Crippen LogP contribution in [0.2, 0.25) is 0 Å². The molecule has 23 heavy (non-hydrogen) atoms. The molecule has 9 heteroatoms. The van der Waals surface area contributed by atoms with Crippen molar-refractivity contribution in [1.29, 1.82) is 5.26 Å². The zero-order chi connectivity index (χ0) is 16.8. The molecular weight excluding hydrogens is 316 g/mol. The number of rotatable bonds is 6. The van der Waals surface area contributed by atoms with Crippen LogP contribution in [0.5, 0.6) is 5.75 Å². The number of Topliss-reactive ketones (excluding diaryl/α,β-unsaturated/α-hetero) is 1. The van der Waals surface area contributed by atoms with Crippen LogP contribution in [0, 0.1) is 11.3 Å². The molecule has 0 amide bonds. The molecular formula is C14H14N6O2S. The second kappa shape index (κ2) is 7.42. The van der Waals surface area contributed by atoms with Crippen LogP contribution in [-0.4, -0.2) is 38.9 Å². The van der Waals surface area contributed by atoms with E-state index in [1.807, 2.05) is 6.07 Å². The lowest BCUT2D eigenvalue weighted by molar-refractivity contribution is -0.112. The number of thioether (sulfide) groups is 1. The number of benzene rings is 1. The first kappa shape index (κ1) is 16.5. The molecule has 2 aromatic rings. The summed E-state index contributed by atoms with van der Waals surface area (Å²) in [7, 11) is 1.58. The first-order valence-electron chi connectivity index (χ1n) is 6.52. The predicted molar refractivity (Wildman–Crippen MR) is 83.9 cm³/mol. The van der Waals surface area contributed by atoms with Crippen molar-refractivity contribution in [2.45, 2.75) is 12.1 Å². The quantitative estimate of drug-likeness (QED) is 0.475. The standard InChI is InChI=1S/C14H14N6O2S/c1-9(16)12(7-15)13(21)8-23-14-17-18-19-20(14)10-3-5-11(22-2)6-4-10/h3-6H,8,16H2,1-2H3. The van der Waals surface area contributed by atoms with Crippen molar-refractivity contribution in [3.63, 3.8) is 0 Å². The van der Waals surface area contributed by atoms with Crippen molar-refractivity contribution in [3.8, 4) is 17.5 Å². The van der Waals surface area contributed by atoms with Crippen molar-refractivity contribution in [2.24, 2.45) is 5.73 Å². The highest BCUT2D eigenvalue weighted by atomic mass is 32.2. The SMILES string of the molecule is COc1ccc(-n2nnnc2SCC(=O)C(C#N)=C(C)N)cc1. The van der Waals surface area contributed by atoms with Crippen LogP contribution in [0.4, 0.5) is 0 Å². The molecule has 1 heterocycles. The zero-order valence-electron chi connectivity index (χ0n) is 12.6. The fourth-order valence-corrected chi connectivity index (χ4v) is 2.49. The van der Waals surface area contributed by atoms with Gasteiger partial charge in [0.05, 0.1) is 18.6 Å². The molecule has 0 radical (unpaired) electrons. The lowest BCUT2D eigenvalue weighted by Crippen LogP contribution is -2.11. The Kier molecular flexibility index (Phi) is 5.32. The molecule has 0 saturated heterocycles. The largest absolute Gasteiger partial charge is 0.497 e. The van der Waals surface area contributed by atoms with Gasteiger partial charge in [-0.15, -0.1) is 5.10 Å². The summed E-state index contributed by atoms with van der Waals surface area (Å²) in [6.07, 6.45) is 0. The molecule has 0 aliphatic heterocycles. The van der Waals surface area contributed by atoms with E-state index in [-0.39, 0.29) is 22.8 Å². The molecule has 1 aromatic heterocycles. The highest BCUT2D eigenvalue weighted by Crippen LogP contribution is 2.21. The molecule has 0 unspecified atom stereocenters. The third kappa shape index (κ3) is 3.87. The lowest BCUT2D eigenvalue weighted by atomic mass is 10.2. The molecule has 0 atom stereocenters. The molecule has 0 bridgehead atoms. The minimum absolute atomic E-state index is 0.0218. The number of tetrazole rings is 1. The molecule has 0 saturated carbocycles. The highest BCUT2D eigenvalue weighted by molar-refractivity contribution is 7.99. The van der Waals surface area contributed by atoms with Gasteiger partial charge in [0.25, 0.3) is 0 Å². The van der Waals surface area contributed by atoms with Crippen LogP contribution < -0.4 is 10.5 Å². The zero-order valence-corrected chi connectivity index (χ0v) is 13.4. The number of methoxy groups -OCH3 is 1. The van der Waals surface area contributed by atoms with Crippen LogP contribution in [0.15, 0.2) is 40.7 Å². The lowest BCUT2D eigenvalue weighted by Gasteiger charge is -2.05. The first-order valence-corrected chi connectivity index (χ1v) is 7.50. The predicted octanol–water partition coefficient (Wildman–Crippen LogP) is 1.09. The van der Waals surface area contributed by atoms with Gasteiger partial charge in [-0.3, -0.25) is 4.79 Å². The average Bonchev–Trinajstić information content (AvgIpc) is 3.01. The number of nitrogens with two attached hydrogens (primary N) is 1. The van der Waals surface area contributed by atoms with Gasteiger partial charge in [-0.05, 0) is 41.6 Å². The van der Waals surface area contributed by atoms with E-state index in [1.165, 1.54) is 11.6 Å². The topological polar surface area (TPSA) is 120 Å². The van der Waals surface area contributed by atoms with E-state index in [0.29, 0.717) is 10.9 Å². The van der Waals surface area contributed by atoms with E-state index in [4.69, 9.17) is 15.7 Å². The summed E-state index contributed by atoms with van der Waals surface area (Å²) in [6.45, 7) is 1.52. The molecule has 2 N–H and O–H groups in total. The number of aromatic nitrogens is 4. The molecule has 2 rings (SSSR count). The summed E-state index contributed by atoms with van der Waals surface area (Å²) >= 11 is 1.13. The van der Waals surface area contributed by atoms with Crippen molar-refractivity contribution < 1.29 is 9.53 Å². The van der Waals surface area contributed by atoms with E-state index >= 15 is 0 Å². The van der Waals surface area contributed by atoms with E-state index in [0.717, 1.165) is 17.4 Å². The van der Waals surface area contributed by atoms with Gasteiger partial charge in [-0.2, -0.15) is 9.94 Å². The summed E-state index contributed by atoms with van der Waals surface area (Å²) in [4.78, 5) is 12.0. The van der Waals surface area contributed by atoms with Crippen molar-refractivity contribution in [3.05, 3.63) is 35.5 Å². The summed E-state index contributed by atoms with van der Waals surface area (Å²) in [5.74, 6) is 0.378. The van der Waals surface area contributed by atoms with Crippen molar-refractivity contribution in [1.82, 2.24) is 20.2 Å². The van der Waals surface area contributed by atoms with Crippen molar-refractivity contribution >= 4 is 17.5 Å². The molecule has 0 fully saturated rings. The fourth-order valence-electron chi connectivity index (χ4n) is 1.73.